The van der Waals surface area contributed by atoms with Crippen molar-refractivity contribution in [3.8, 4) is 37.8 Å². The zero-order valence-corrected chi connectivity index (χ0v) is 38.2. The molecule has 4 unspecified atom stereocenters. The van der Waals surface area contributed by atoms with E-state index in [1.165, 1.54) is 52.9 Å². The standard InChI is InChI=1S/C49H47BrN4OS4/c1-47(28-44-40(49(29-47)18-19-56-45(51)53-49)26-41(59-44)34-13-6-11-32(21-34)33-12-8-16-38(23-33)55-2)30-52-46-54-48(17-20-57-46)27-36(31-9-4-3-5-10-31)24-43-39(48)25-42(58-43)35-14-7-15-37(50)22-35/h3-16,21-23,25-26,36H,17-20,24,27-30H2,1-2H3,(H2,51,53)(H,52,54). The van der Waals surface area contributed by atoms with E-state index in [9.17, 15) is 0 Å². The predicted molar refractivity (Wildman–Crippen MR) is 258 cm³/mol. The number of methoxy groups -OCH3 is 1. The molecule has 2 aliphatic heterocycles. The van der Waals surface area contributed by atoms with Crippen molar-refractivity contribution in [2.45, 2.75) is 62.4 Å². The average molecular weight is 916 g/mol. The Bertz CT molecular complexity index is 2600. The molecule has 2 aromatic heterocycles. The van der Waals surface area contributed by atoms with E-state index in [0.29, 0.717) is 11.1 Å². The summed E-state index contributed by atoms with van der Waals surface area (Å²) < 4.78 is 6.66. The first kappa shape index (κ1) is 39.3. The first-order chi connectivity index (χ1) is 28.7. The predicted octanol–water partition coefficient (Wildman–Crippen LogP) is 12.9. The van der Waals surface area contributed by atoms with Gasteiger partial charge in [0.05, 0.1) is 18.2 Å². The van der Waals surface area contributed by atoms with Gasteiger partial charge in [-0.3, -0.25) is 9.98 Å². The van der Waals surface area contributed by atoms with Crippen LogP contribution in [0.25, 0.3) is 32.0 Å². The van der Waals surface area contributed by atoms with Crippen LogP contribution in [0.4, 0.5) is 0 Å². The van der Waals surface area contributed by atoms with Crippen molar-refractivity contribution in [2.24, 2.45) is 21.1 Å². The number of fused-ring (bicyclic) bond motifs is 4. The first-order valence-corrected chi connectivity index (χ1v) is 24.8. The largest absolute Gasteiger partial charge is 0.497 e. The SMILES string of the molecule is COc1cccc(-c2cccc(-c3cc4c(s3)CC(C)(CN=C3NC5(CCS3)CC(c3ccccc3)Cc3sc(-c6cccc(Br)c6)cc35)CC43CCSC(N)=N3)c2)c1. The van der Waals surface area contributed by atoms with E-state index >= 15 is 0 Å². The molecular formula is C49H47BrN4OS4. The minimum atomic E-state index is -0.341. The van der Waals surface area contributed by atoms with Gasteiger partial charge in [0.15, 0.2) is 10.3 Å². The number of hydrogen-bond acceptors (Lipinski definition) is 8. The highest BCUT2D eigenvalue weighted by atomic mass is 79.9. The van der Waals surface area contributed by atoms with Crippen LogP contribution in [0.5, 0.6) is 5.75 Å². The van der Waals surface area contributed by atoms with Crippen LogP contribution in [-0.2, 0) is 23.9 Å². The van der Waals surface area contributed by atoms with Crippen molar-refractivity contribution in [2.75, 3.05) is 25.2 Å². The van der Waals surface area contributed by atoms with Crippen LogP contribution in [0, 0.1) is 5.41 Å². The van der Waals surface area contributed by atoms with Gasteiger partial charge >= 0.3 is 0 Å². The van der Waals surface area contributed by atoms with E-state index in [-0.39, 0.29) is 16.5 Å². The summed E-state index contributed by atoms with van der Waals surface area (Å²) in [6.45, 7) is 3.18. The number of amidine groups is 2. The number of aliphatic imine (C=N–C) groups is 2. The number of thioether (sulfide) groups is 2. The summed E-state index contributed by atoms with van der Waals surface area (Å²) in [4.78, 5) is 16.4. The molecule has 4 atom stereocenters. The summed E-state index contributed by atoms with van der Waals surface area (Å²) >= 11 is 11.2. The van der Waals surface area contributed by atoms with Gasteiger partial charge in [-0.25, -0.2) is 0 Å². The van der Waals surface area contributed by atoms with Gasteiger partial charge in [-0.15, -0.1) is 22.7 Å². The van der Waals surface area contributed by atoms with E-state index in [0.717, 1.165) is 77.5 Å². The normalized spacial score (nSPS) is 25.6. The molecule has 2 spiro atoms. The van der Waals surface area contributed by atoms with Gasteiger partial charge < -0.3 is 15.8 Å². The van der Waals surface area contributed by atoms with Gasteiger partial charge in [0.2, 0.25) is 0 Å². The van der Waals surface area contributed by atoms with E-state index in [2.05, 4.69) is 137 Å². The lowest BCUT2D eigenvalue weighted by atomic mass is 9.66. The molecule has 4 heterocycles. The fourth-order valence-corrected chi connectivity index (χ4v) is 15.1. The average Bonchev–Trinajstić information content (AvgIpc) is 3.90. The van der Waals surface area contributed by atoms with Gasteiger partial charge in [0.25, 0.3) is 0 Å². The van der Waals surface area contributed by atoms with Crippen molar-refractivity contribution >= 4 is 72.5 Å². The van der Waals surface area contributed by atoms with Gasteiger partial charge in [-0.2, -0.15) is 0 Å². The Hall–Kier alpha value is -3.80. The third-order valence-corrected chi connectivity index (χ3v) is 17.3. The summed E-state index contributed by atoms with van der Waals surface area (Å²) in [6.07, 6.45) is 6.09. The van der Waals surface area contributed by atoms with Crippen LogP contribution in [0.1, 0.15) is 65.0 Å². The van der Waals surface area contributed by atoms with Crippen LogP contribution in [0.3, 0.4) is 0 Å². The number of nitrogens with one attached hydrogen (secondary N) is 1. The summed E-state index contributed by atoms with van der Waals surface area (Å²) in [5.74, 6) is 3.33. The van der Waals surface area contributed by atoms with Crippen LogP contribution >= 0.6 is 62.1 Å². The third-order valence-electron chi connectivity index (χ3n) is 12.7. The Balaban J connectivity index is 0.968. The quantitative estimate of drug-likeness (QED) is 0.167. The second kappa shape index (κ2) is 15.9. The van der Waals surface area contributed by atoms with E-state index in [1.807, 2.05) is 40.5 Å². The lowest BCUT2D eigenvalue weighted by Gasteiger charge is -2.46. The molecule has 300 valence electrons. The molecule has 4 aromatic carbocycles. The van der Waals surface area contributed by atoms with Gasteiger partial charge in [0.1, 0.15) is 5.75 Å². The molecule has 1 fully saturated rings. The number of ether oxygens (including phenoxy) is 1. The maximum absolute atomic E-state index is 6.58. The molecule has 10 rings (SSSR count). The number of rotatable bonds is 7. The summed E-state index contributed by atoms with van der Waals surface area (Å²) in [5, 5.41) is 5.94. The number of benzene rings is 4. The number of halogens is 1. The Morgan fingerprint density at radius 1 is 0.797 bits per heavy atom. The molecule has 0 radical (unpaired) electrons. The molecule has 3 N–H and O–H groups in total. The zero-order valence-electron chi connectivity index (χ0n) is 33.3. The first-order valence-electron chi connectivity index (χ1n) is 20.4. The molecule has 4 aliphatic rings. The second-order valence-electron chi connectivity index (χ2n) is 16.9. The fourth-order valence-electron chi connectivity index (χ4n) is 9.95. The van der Waals surface area contributed by atoms with E-state index in [1.54, 1.807) is 18.9 Å². The summed E-state index contributed by atoms with van der Waals surface area (Å²) in [5.41, 5.74) is 15.1. The number of nitrogens with two attached hydrogens (primary N) is 1. The maximum Gasteiger partial charge on any atom is 0.157 e. The van der Waals surface area contributed by atoms with E-state index < -0.39 is 0 Å². The number of nitrogens with zero attached hydrogens (tertiary/aromatic N) is 2. The highest BCUT2D eigenvalue weighted by Crippen LogP contribution is 2.55. The lowest BCUT2D eigenvalue weighted by Crippen LogP contribution is -2.51. The zero-order chi connectivity index (χ0) is 40.2. The Labute approximate surface area is 372 Å². The van der Waals surface area contributed by atoms with E-state index in [4.69, 9.17) is 20.5 Å². The van der Waals surface area contributed by atoms with Crippen LogP contribution < -0.4 is 15.8 Å². The molecule has 5 nitrogen and oxygen atoms in total. The molecule has 0 saturated carbocycles. The lowest BCUT2D eigenvalue weighted by molar-refractivity contribution is 0.195. The van der Waals surface area contributed by atoms with Crippen molar-refractivity contribution in [1.29, 1.82) is 0 Å². The number of thiophene rings is 2. The monoisotopic (exact) mass is 914 g/mol. The third kappa shape index (κ3) is 7.73. The molecule has 6 aromatic rings. The van der Waals surface area contributed by atoms with Crippen molar-refractivity contribution < 1.29 is 4.74 Å². The molecule has 10 heteroatoms. The Morgan fingerprint density at radius 2 is 1.51 bits per heavy atom. The van der Waals surface area contributed by atoms with Crippen molar-refractivity contribution in [3.63, 3.8) is 0 Å². The minimum absolute atomic E-state index is 0.0796. The molecule has 2 aliphatic carbocycles. The van der Waals surface area contributed by atoms with Crippen molar-refractivity contribution in [1.82, 2.24) is 5.32 Å². The molecule has 59 heavy (non-hydrogen) atoms. The number of hydrogen-bond donors (Lipinski definition) is 2. The minimum Gasteiger partial charge on any atom is -0.497 e. The Kier molecular flexibility index (Phi) is 10.6. The molecule has 0 amide bonds. The van der Waals surface area contributed by atoms with Gasteiger partial charge in [0, 0.05) is 42.0 Å². The summed E-state index contributed by atoms with van der Waals surface area (Å²) in [7, 11) is 1.72. The highest BCUT2D eigenvalue weighted by molar-refractivity contribution is 9.10. The van der Waals surface area contributed by atoms with Crippen molar-refractivity contribution in [3.05, 3.63) is 146 Å². The molecule has 1 saturated heterocycles. The topological polar surface area (TPSA) is 72.0 Å². The molecule has 0 bridgehead atoms. The highest BCUT2D eigenvalue weighted by Gasteiger charge is 2.49. The van der Waals surface area contributed by atoms with Crippen LogP contribution in [-0.4, -0.2) is 35.5 Å². The van der Waals surface area contributed by atoms with Gasteiger partial charge in [-0.05, 0) is 131 Å². The maximum atomic E-state index is 6.58. The fraction of sp³-hybridized carbons (Fsp3) is 0.306. The molecular weight excluding hydrogens is 869 g/mol. The smallest absolute Gasteiger partial charge is 0.157 e. The van der Waals surface area contributed by atoms with Crippen LogP contribution in [0.15, 0.2) is 130 Å². The summed E-state index contributed by atoms with van der Waals surface area (Å²) in [6, 6.07) is 42.0. The second-order valence-corrected chi connectivity index (χ2v) is 22.3. The Morgan fingerprint density at radius 3 is 2.31 bits per heavy atom. The van der Waals surface area contributed by atoms with Gasteiger partial charge in [-0.1, -0.05) is 119 Å². The van der Waals surface area contributed by atoms with Crippen LogP contribution in [0.2, 0.25) is 0 Å².